The standard InChI is InChI=1S/C21H17Cl2N9O/c1-9-8-26-31-18(9)32-19(27-13-4-2-3-12(22)14(13)20(32)33)15(10-5-6-10)28-17-11(7-24)16(23)29-21(25)30-17/h2-4,8,10,15H,5-6H2,1H3,(H,26,31)(H3,25,28,29,30)/t15-/m0/s1. The molecule has 3 heterocycles. The largest absolute Gasteiger partial charge is 0.368 e. The number of hydrogen-bond donors (Lipinski definition) is 3. The fourth-order valence-electron chi connectivity index (χ4n) is 3.81. The number of nitrogens with zero attached hydrogens (tertiary/aromatic N) is 6. The highest BCUT2D eigenvalue weighted by atomic mass is 35.5. The van der Waals surface area contributed by atoms with E-state index in [4.69, 9.17) is 33.9 Å². The number of aromatic amines is 1. The summed E-state index contributed by atoms with van der Waals surface area (Å²) in [4.78, 5) is 26.5. The van der Waals surface area contributed by atoms with Gasteiger partial charge in [-0.15, -0.1) is 0 Å². The molecule has 1 saturated carbocycles. The summed E-state index contributed by atoms with van der Waals surface area (Å²) in [7, 11) is 0. The van der Waals surface area contributed by atoms with Gasteiger partial charge in [0.1, 0.15) is 17.5 Å². The Morgan fingerprint density at radius 3 is 2.76 bits per heavy atom. The lowest BCUT2D eigenvalue weighted by atomic mass is 10.1. The Morgan fingerprint density at radius 1 is 1.30 bits per heavy atom. The monoisotopic (exact) mass is 481 g/mol. The lowest BCUT2D eigenvalue weighted by Gasteiger charge is -2.23. The van der Waals surface area contributed by atoms with Gasteiger partial charge in [0, 0.05) is 11.8 Å². The minimum Gasteiger partial charge on any atom is -0.368 e. The molecule has 1 atom stereocenters. The lowest BCUT2D eigenvalue weighted by molar-refractivity contribution is 0.604. The molecule has 0 amide bonds. The van der Waals surface area contributed by atoms with Crippen LogP contribution in [-0.2, 0) is 0 Å². The molecule has 0 aliphatic heterocycles. The van der Waals surface area contributed by atoms with E-state index in [0.717, 1.165) is 18.4 Å². The Bertz CT molecular complexity index is 1500. The second-order valence-corrected chi connectivity index (χ2v) is 8.57. The van der Waals surface area contributed by atoms with Crippen LogP contribution < -0.4 is 16.6 Å². The van der Waals surface area contributed by atoms with Crippen LogP contribution in [-0.4, -0.2) is 29.7 Å². The van der Waals surface area contributed by atoms with E-state index in [1.807, 2.05) is 13.0 Å². The van der Waals surface area contributed by atoms with Crippen LogP contribution in [0.5, 0.6) is 0 Å². The van der Waals surface area contributed by atoms with Crippen LogP contribution in [0.3, 0.4) is 0 Å². The first-order valence-electron chi connectivity index (χ1n) is 10.1. The van der Waals surface area contributed by atoms with Crippen LogP contribution >= 0.6 is 23.2 Å². The minimum atomic E-state index is -0.477. The fourth-order valence-corrected chi connectivity index (χ4v) is 4.28. The van der Waals surface area contributed by atoms with Crippen LogP contribution in [0.15, 0.2) is 29.2 Å². The quantitative estimate of drug-likeness (QED) is 0.366. The first kappa shape index (κ1) is 21.2. The third kappa shape index (κ3) is 3.65. The van der Waals surface area contributed by atoms with Crippen molar-refractivity contribution in [2.24, 2.45) is 5.92 Å². The summed E-state index contributed by atoms with van der Waals surface area (Å²) in [6.45, 7) is 1.84. The minimum absolute atomic E-state index is 0.0548. The first-order chi connectivity index (χ1) is 15.9. The number of nitrogens with two attached hydrogens (primary N) is 1. The van der Waals surface area contributed by atoms with Gasteiger partial charge in [-0.1, -0.05) is 29.3 Å². The molecule has 10 nitrogen and oxygen atoms in total. The number of aryl methyl sites for hydroxylation is 1. The fraction of sp³-hybridized carbons (Fsp3) is 0.238. The van der Waals surface area contributed by atoms with Gasteiger partial charge in [0.15, 0.2) is 16.8 Å². The van der Waals surface area contributed by atoms with E-state index in [2.05, 4.69) is 25.5 Å². The van der Waals surface area contributed by atoms with E-state index in [9.17, 15) is 10.1 Å². The number of H-pyrrole nitrogens is 1. The lowest BCUT2D eigenvalue weighted by Crippen LogP contribution is -2.30. The van der Waals surface area contributed by atoms with Crippen molar-refractivity contribution in [2.75, 3.05) is 11.1 Å². The van der Waals surface area contributed by atoms with Gasteiger partial charge < -0.3 is 11.1 Å². The van der Waals surface area contributed by atoms with Crippen molar-refractivity contribution in [1.82, 2.24) is 29.7 Å². The van der Waals surface area contributed by atoms with E-state index < -0.39 is 6.04 Å². The number of nitrogen functional groups attached to an aromatic ring is 1. The topological polar surface area (TPSA) is 151 Å². The van der Waals surface area contributed by atoms with Gasteiger partial charge in [0.2, 0.25) is 5.95 Å². The summed E-state index contributed by atoms with van der Waals surface area (Å²) in [5.41, 5.74) is 6.71. The maximum atomic E-state index is 13.7. The SMILES string of the molecule is Cc1c[nH]nc1-n1c([C@@H](Nc2nc(N)nc(Cl)c2C#N)C2CC2)nc2cccc(Cl)c2c1=O. The van der Waals surface area contributed by atoms with Gasteiger partial charge in [0.25, 0.3) is 5.56 Å². The van der Waals surface area contributed by atoms with Crippen LogP contribution in [0.25, 0.3) is 16.7 Å². The maximum Gasteiger partial charge on any atom is 0.268 e. The molecular formula is C21H17Cl2N9O. The van der Waals surface area contributed by atoms with Crippen molar-refractivity contribution in [2.45, 2.75) is 25.8 Å². The van der Waals surface area contributed by atoms with E-state index in [0.29, 0.717) is 27.6 Å². The molecular weight excluding hydrogens is 465 g/mol. The number of nitriles is 1. The molecule has 0 spiro atoms. The summed E-state index contributed by atoms with van der Waals surface area (Å²) in [6.07, 6.45) is 3.49. The number of nitrogens with one attached hydrogen (secondary N) is 2. The van der Waals surface area contributed by atoms with Crippen molar-refractivity contribution in [3.05, 3.63) is 61.9 Å². The van der Waals surface area contributed by atoms with Crippen LogP contribution in [0, 0.1) is 24.2 Å². The summed E-state index contributed by atoms with van der Waals surface area (Å²) >= 11 is 12.5. The van der Waals surface area contributed by atoms with E-state index in [1.54, 1.807) is 24.4 Å². The van der Waals surface area contributed by atoms with Crippen molar-refractivity contribution < 1.29 is 0 Å². The summed E-state index contributed by atoms with van der Waals surface area (Å²) in [5.74, 6) is 1.08. The summed E-state index contributed by atoms with van der Waals surface area (Å²) in [5, 5.41) is 20.5. The molecule has 3 aromatic heterocycles. The maximum absolute atomic E-state index is 13.7. The predicted octanol–water partition coefficient (Wildman–Crippen LogP) is 3.53. The predicted molar refractivity (Wildman–Crippen MR) is 124 cm³/mol. The molecule has 4 aromatic rings. The summed E-state index contributed by atoms with van der Waals surface area (Å²) < 4.78 is 1.45. The Kier molecular flexibility index (Phi) is 5.15. The normalized spacial score (nSPS) is 14.2. The van der Waals surface area contributed by atoms with Crippen LogP contribution in [0.4, 0.5) is 11.8 Å². The number of aromatic nitrogens is 6. The molecule has 0 radical (unpaired) electrons. The van der Waals surface area contributed by atoms with Gasteiger partial charge in [-0.25, -0.2) is 9.55 Å². The highest BCUT2D eigenvalue weighted by Gasteiger charge is 2.37. The van der Waals surface area contributed by atoms with Gasteiger partial charge in [-0.2, -0.15) is 20.3 Å². The number of hydrogen-bond acceptors (Lipinski definition) is 8. The van der Waals surface area contributed by atoms with Gasteiger partial charge in [0.05, 0.1) is 22.0 Å². The number of fused-ring (bicyclic) bond motifs is 1. The highest BCUT2D eigenvalue weighted by Crippen LogP contribution is 2.43. The van der Waals surface area contributed by atoms with Crippen molar-refractivity contribution in [1.29, 1.82) is 5.26 Å². The zero-order chi connectivity index (χ0) is 23.3. The number of anilines is 2. The molecule has 12 heteroatoms. The molecule has 4 N–H and O–H groups in total. The molecule has 0 unspecified atom stereocenters. The van der Waals surface area contributed by atoms with Crippen LogP contribution in [0.1, 0.15) is 35.8 Å². The smallest absolute Gasteiger partial charge is 0.268 e. The highest BCUT2D eigenvalue weighted by molar-refractivity contribution is 6.35. The Balaban J connectivity index is 1.77. The van der Waals surface area contributed by atoms with E-state index in [-0.39, 0.29) is 34.0 Å². The number of rotatable bonds is 5. The molecule has 0 bridgehead atoms. The Morgan fingerprint density at radius 2 is 2.09 bits per heavy atom. The van der Waals surface area contributed by atoms with Gasteiger partial charge in [-0.05, 0) is 37.8 Å². The average molecular weight is 482 g/mol. The zero-order valence-corrected chi connectivity index (χ0v) is 18.8. The number of halogens is 2. The molecule has 1 aromatic carbocycles. The Hall–Kier alpha value is -3.68. The van der Waals surface area contributed by atoms with Crippen molar-refractivity contribution in [3.63, 3.8) is 0 Å². The molecule has 1 aliphatic carbocycles. The van der Waals surface area contributed by atoms with Crippen LogP contribution in [0.2, 0.25) is 10.2 Å². The molecule has 0 saturated heterocycles. The second-order valence-electron chi connectivity index (χ2n) is 7.80. The summed E-state index contributed by atoms with van der Waals surface area (Å²) in [6, 6.07) is 6.65. The molecule has 166 valence electrons. The molecule has 1 fully saturated rings. The van der Waals surface area contributed by atoms with Crippen molar-refractivity contribution in [3.8, 4) is 11.9 Å². The van der Waals surface area contributed by atoms with Crippen molar-refractivity contribution >= 4 is 45.9 Å². The molecule has 33 heavy (non-hydrogen) atoms. The van der Waals surface area contributed by atoms with E-state index >= 15 is 0 Å². The van der Waals surface area contributed by atoms with Gasteiger partial charge >= 0.3 is 0 Å². The molecule has 1 aliphatic rings. The third-order valence-corrected chi connectivity index (χ3v) is 6.13. The second kappa shape index (κ2) is 8.03. The number of benzene rings is 1. The third-order valence-electron chi connectivity index (χ3n) is 5.55. The Labute approximate surface area is 197 Å². The average Bonchev–Trinajstić information content (AvgIpc) is 3.52. The first-order valence-corrected chi connectivity index (χ1v) is 10.9. The van der Waals surface area contributed by atoms with E-state index in [1.165, 1.54) is 4.57 Å². The zero-order valence-electron chi connectivity index (χ0n) is 17.3. The molecule has 5 rings (SSSR count). The van der Waals surface area contributed by atoms with Gasteiger partial charge in [-0.3, -0.25) is 9.89 Å².